The molecule has 2 aromatic rings. The predicted octanol–water partition coefficient (Wildman–Crippen LogP) is 3.12. The molecule has 1 aliphatic heterocycles. The van der Waals surface area contributed by atoms with Crippen molar-refractivity contribution >= 4 is 32.4 Å². The third-order valence-electron chi connectivity index (χ3n) is 5.25. The van der Waals surface area contributed by atoms with Crippen LogP contribution in [0.4, 0.5) is 5.69 Å². The number of anilines is 1. The third kappa shape index (κ3) is 5.45. The van der Waals surface area contributed by atoms with Crippen LogP contribution in [0.25, 0.3) is 0 Å². The fourth-order valence-corrected chi connectivity index (χ4v) is 4.73. The number of carbonyl (C=O) groups is 1. The minimum Gasteiger partial charge on any atom is -0.339 e. The van der Waals surface area contributed by atoms with Crippen molar-refractivity contribution in [3.05, 3.63) is 59.2 Å². The number of hydrogen-bond acceptors (Lipinski definition) is 4. The molecule has 1 amide bonds. The molecule has 0 spiro atoms. The Kier molecular flexibility index (Phi) is 6.43. The summed E-state index contributed by atoms with van der Waals surface area (Å²) in [5.74, 6) is 0.288. The lowest BCUT2D eigenvalue weighted by atomic mass is 9.89. The lowest BCUT2D eigenvalue weighted by molar-refractivity contribution is 0.0713. The molecule has 1 fully saturated rings. The van der Waals surface area contributed by atoms with Crippen LogP contribution >= 0.6 is 0 Å². The molecule has 1 unspecified atom stereocenters. The van der Waals surface area contributed by atoms with E-state index in [0.717, 1.165) is 29.6 Å². The fourth-order valence-electron chi connectivity index (χ4n) is 3.59. The van der Waals surface area contributed by atoms with E-state index in [1.807, 2.05) is 29.2 Å². The zero-order chi connectivity index (χ0) is 21.2. The van der Waals surface area contributed by atoms with Crippen LogP contribution in [-0.2, 0) is 20.8 Å². The third-order valence-corrected chi connectivity index (χ3v) is 6.77. The zero-order valence-corrected chi connectivity index (χ0v) is 18.5. The molecule has 6 nitrogen and oxygen atoms in total. The van der Waals surface area contributed by atoms with Gasteiger partial charge in [-0.25, -0.2) is 8.42 Å². The molecule has 8 heteroatoms. The Hall–Kier alpha value is -2.19. The van der Waals surface area contributed by atoms with Gasteiger partial charge in [0.15, 0.2) is 0 Å². The second-order valence-electron chi connectivity index (χ2n) is 7.49. The molecule has 0 aromatic heterocycles. The molecule has 1 atom stereocenters. The molecule has 0 bridgehead atoms. The van der Waals surface area contributed by atoms with E-state index in [0.29, 0.717) is 30.3 Å². The zero-order valence-electron chi connectivity index (χ0n) is 16.8. The number of benzene rings is 2. The molecule has 0 saturated carbocycles. The first kappa shape index (κ1) is 21.5. The first-order chi connectivity index (χ1) is 13.6. The number of piperidine rings is 1. The van der Waals surface area contributed by atoms with Gasteiger partial charge in [0.2, 0.25) is 10.0 Å². The Morgan fingerprint density at radius 3 is 2.28 bits per heavy atom. The maximum atomic E-state index is 12.9. The summed E-state index contributed by atoms with van der Waals surface area (Å²) in [6.45, 7) is 3.09. The van der Waals surface area contributed by atoms with Gasteiger partial charge in [0.05, 0.1) is 11.9 Å². The van der Waals surface area contributed by atoms with Crippen LogP contribution in [0.15, 0.2) is 47.4 Å². The standard InChI is InChI=1S/C21H26N2O4S2/c1-15-4-5-18(14-20(15)22-29(3,26)27)21(24)23-12-10-17(11-13-23)16-6-8-19(9-7-16)28(2)25/h4-9,14,17,22H,10-13H2,1-3H3. The van der Waals surface area contributed by atoms with Crippen molar-refractivity contribution < 1.29 is 17.4 Å². The van der Waals surface area contributed by atoms with E-state index in [1.165, 1.54) is 5.56 Å². The number of carbonyl (C=O) groups excluding carboxylic acids is 1. The van der Waals surface area contributed by atoms with Crippen molar-refractivity contribution in [1.29, 1.82) is 0 Å². The molecule has 0 radical (unpaired) electrons. The summed E-state index contributed by atoms with van der Waals surface area (Å²) in [7, 11) is -4.39. The maximum absolute atomic E-state index is 12.9. The van der Waals surface area contributed by atoms with E-state index in [1.54, 1.807) is 31.4 Å². The summed E-state index contributed by atoms with van der Waals surface area (Å²) >= 11 is 0. The van der Waals surface area contributed by atoms with Crippen molar-refractivity contribution in [3.63, 3.8) is 0 Å². The molecule has 2 aromatic carbocycles. The van der Waals surface area contributed by atoms with Crippen molar-refractivity contribution in [3.8, 4) is 0 Å². The van der Waals surface area contributed by atoms with Crippen LogP contribution in [0.1, 0.15) is 40.2 Å². The molecule has 0 aliphatic carbocycles. The van der Waals surface area contributed by atoms with Gasteiger partial charge in [0.1, 0.15) is 0 Å². The first-order valence-electron chi connectivity index (χ1n) is 9.45. The smallest absolute Gasteiger partial charge is 0.253 e. The van der Waals surface area contributed by atoms with Gasteiger partial charge in [-0.2, -0.15) is 0 Å². The summed E-state index contributed by atoms with van der Waals surface area (Å²) in [5.41, 5.74) is 2.89. The van der Waals surface area contributed by atoms with Crippen molar-refractivity contribution in [2.24, 2.45) is 0 Å². The van der Waals surface area contributed by atoms with Gasteiger partial charge < -0.3 is 4.90 Å². The highest BCUT2D eigenvalue weighted by atomic mass is 32.2. The SMILES string of the molecule is Cc1ccc(C(=O)N2CCC(c3ccc(S(C)=O)cc3)CC2)cc1NS(C)(=O)=O. The van der Waals surface area contributed by atoms with E-state index < -0.39 is 20.8 Å². The van der Waals surface area contributed by atoms with E-state index in [4.69, 9.17) is 0 Å². The Morgan fingerprint density at radius 2 is 1.72 bits per heavy atom. The number of likely N-dealkylation sites (tertiary alicyclic amines) is 1. The monoisotopic (exact) mass is 434 g/mol. The second kappa shape index (κ2) is 8.67. The van der Waals surface area contributed by atoms with Crippen LogP contribution in [-0.4, -0.2) is 49.0 Å². The summed E-state index contributed by atoms with van der Waals surface area (Å²) in [6.07, 6.45) is 4.48. The van der Waals surface area contributed by atoms with Crippen LogP contribution < -0.4 is 4.72 Å². The van der Waals surface area contributed by atoms with Gasteiger partial charge in [0, 0.05) is 40.6 Å². The summed E-state index contributed by atoms with van der Waals surface area (Å²) in [6, 6.07) is 13.0. The number of aryl methyl sites for hydroxylation is 1. The molecule has 3 rings (SSSR count). The van der Waals surface area contributed by atoms with Crippen LogP contribution in [0, 0.1) is 6.92 Å². The average molecular weight is 435 g/mol. The largest absolute Gasteiger partial charge is 0.339 e. The van der Waals surface area contributed by atoms with Crippen LogP contribution in [0.5, 0.6) is 0 Å². The molecule has 29 heavy (non-hydrogen) atoms. The summed E-state index contributed by atoms with van der Waals surface area (Å²) in [4.78, 5) is 15.5. The van der Waals surface area contributed by atoms with E-state index >= 15 is 0 Å². The van der Waals surface area contributed by atoms with Gasteiger partial charge >= 0.3 is 0 Å². The molecular formula is C21H26N2O4S2. The van der Waals surface area contributed by atoms with Gasteiger partial charge in [-0.3, -0.25) is 13.7 Å². The number of nitrogens with zero attached hydrogens (tertiary/aromatic N) is 1. The quantitative estimate of drug-likeness (QED) is 0.784. The highest BCUT2D eigenvalue weighted by Gasteiger charge is 2.25. The summed E-state index contributed by atoms with van der Waals surface area (Å²) in [5, 5.41) is 0. The second-order valence-corrected chi connectivity index (χ2v) is 10.6. The molecule has 1 aliphatic rings. The fraction of sp³-hybridized carbons (Fsp3) is 0.381. The number of hydrogen-bond donors (Lipinski definition) is 1. The van der Waals surface area contributed by atoms with E-state index in [9.17, 15) is 17.4 Å². The highest BCUT2D eigenvalue weighted by Crippen LogP contribution is 2.29. The van der Waals surface area contributed by atoms with Gasteiger partial charge in [-0.15, -0.1) is 0 Å². The Balaban J connectivity index is 1.67. The lowest BCUT2D eigenvalue weighted by Crippen LogP contribution is -2.38. The minimum atomic E-state index is -3.41. The Labute approximate surface area is 174 Å². The number of rotatable bonds is 5. The average Bonchev–Trinajstić information content (AvgIpc) is 2.68. The van der Waals surface area contributed by atoms with Gasteiger partial charge in [-0.1, -0.05) is 18.2 Å². The topological polar surface area (TPSA) is 83.6 Å². The van der Waals surface area contributed by atoms with Gasteiger partial charge in [-0.05, 0) is 61.1 Å². The summed E-state index contributed by atoms with van der Waals surface area (Å²) < 4.78 is 37.1. The Bertz CT molecular complexity index is 1030. The molecular weight excluding hydrogens is 408 g/mol. The van der Waals surface area contributed by atoms with Crippen LogP contribution in [0.2, 0.25) is 0 Å². The molecule has 1 saturated heterocycles. The number of sulfonamides is 1. The van der Waals surface area contributed by atoms with Crippen LogP contribution in [0.3, 0.4) is 0 Å². The van der Waals surface area contributed by atoms with Gasteiger partial charge in [0.25, 0.3) is 5.91 Å². The van der Waals surface area contributed by atoms with Crippen molar-refractivity contribution in [1.82, 2.24) is 4.90 Å². The number of nitrogens with one attached hydrogen (secondary N) is 1. The molecule has 156 valence electrons. The minimum absolute atomic E-state index is 0.0864. The molecule has 1 heterocycles. The maximum Gasteiger partial charge on any atom is 0.253 e. The van der Waals surface area contributed by atoms with E-state index in [2.05, 4.69) is 4.72 Å². The Morgan fingerprint density at radius 1 is 1.10 bits per heavy atom. The predicted molar refractivity (Wildman–Crippen MR) is 116 cm³/mol. The lowest BCUT2D eigenvalue weighted by Gasteiger charge is -2.32. The van der Waals surface area contributed by atoms with Crippen molar-refractivity contribution in [2.45, 2.75) is 30.6 Å². The highest BCUT2D eigenvalue weighted by molar-refractivity contribution is 7.92. The first-order valence-corrected chi connectivity index (χ1v) is 12.9. The number of amides is 1. The van der Waals surface area contributed by atoms with Crippen molar-refractivity contribution in [2.75, 3.05) is 30.3 Å². The molecule has 1 N–H and O–H groups in total. The normalized spacial score (nSPS) is 16.4. The van der Waals surface area contributed by atoms with E-state index in [-0.39, 0.29) is 5.91 Å².